The van der Waals surface area contributed by atoms with Crippen LogP contribution in [0.3, 0.4) is 0 Å². The number of nitrogens with two attached hydrogens (primary N) is 1. The second-order valence-corrected chi connectivity index (χ2v) is 4.81. The Kier molecular flexibility index (Phi) is 3.34. The van der Waals surface area contributed by atoms with Gasteiger partial charge in [0.1, 0.15) is 11.6 Å². The lowest BCUT2D eigenvalue weighted by atomic mass is 9.99. The number of hydrogen-bond donors (Lipinski definition) is 2. The third-order valence-corrected chi connectivity index (χ3v) is 3.83. The number of halogens is 2. The summed E-state index contributed by atoms with van der Waals surface area (Å²) >= 11 is 0. The smallest absolute Gasteiger partial charge is 0.311 e. The topological polar surface area (TPSA) is 63.3 Å². The Balaban J connectivity index is 2.00. The number of carboxylic acids is 1. The van der Waals surface area contributed by atoms with Crippen LogP contribution in [-0.2, 0) is 11.2 Å². The molecular weight excluding hydrogens is 240 g/mol. The summed E-state index contributed by atoms with van der Waals surface area (Å²) in [5.41, 5.74) is 4.62. The Labute approximate surface area is 104 Å². The van der Waals surface area contributed by atoms with Crippen LogP contribution in [0.5, 0.6) is 0 Å². The van der Waals surface area contributed by atoms with E-state index in [-0.39, 0.29) is 24.4 Å². The highest BCUT2D eigenvalue weighted by Gasteiger charge is 2.58. The Morgan fingerprint density at radius 3 is 2.50 bits per heavy atom. The van der Waals surface area contributed by atoms with Crippen molar-refractivity contribution in [1.29, 1.82) is 0 Å². The number of rotatable bonds is 5. The first-order valence-corrected chi connectivity index (χ1v) is 5.87. The lowest BCUT2D eigenvalue weighted by molar-refractivity contribution is -0.143. The van der Waals surface area contributed by atoms with E-state index >= 15 is 0 Å². The third-order valence-electron chi connectivity index (χ3n) is 3.83. The predicted octanol–water partition coefficient (Wildman–Crippen LogP) is 1.95. The average Bonchev–Trinajstić information content (AvgIpc) is 3.03. The largest absolute Gasteiger partial charge is 0.481 e. The molecule has 1 fully saturated rings. The highest BCUT2D eigenvalue weighted by molar-refractivity contribution is 5.79. The van der Waals surface area contributed by atoms with Crippen LogP contribution in [0.25, 0.3) is 0 Å². The fourth-order valence-corrected chi connectivity index (χ4v) is 2.45. The van der Waals surface area contributed by atoms with E-state index in [9.17, 15) is 13.6 Å². The summed E-state index contributed by atoms with van der Waals surface area (Å²) in [6, 6.07) is 3.73. The van der Waals surface area contributed by atoms with Crippen molar-refractivity contribution in [3.8, 4) is 0 Å². The number of benzene rings is 1. The maximum atomic E-state index is 13.4. The van der Waals surface area contributed by atoms with E-state index in [0.717, 1.165) is 0 Å². The zero-order valence-electron chi connectivity index (χ0n) is 9.83. The van der Waals surface area contributed by atoms with Gasteiger partial charge in [-0.25, -0.2) is 8.78 Å². The van der Waals surface area contributed by atoms with Crippen LogP contribution in [0.4, 0.5) is 8.78 Å². The van der Waals surface area contributed by atoms with Crippen molar-refractivity contribution in [2.75, 3.05) is 6.54 Å². The molecule has 3 N–H and O–H groups in total. The molecule has 0 heterocycles. The molecule has 98 valence electrons. The molecule has 2 unspecified atom stereocenters. The maximum Gasteiger partial charge on any atom is 0.311 e. The Morgan fingerprint density at radius 1 is 1.44 bits per heavy atom. The van der Waals surface area contributed by atoms with Gasteiger partial charge in [-0.1, -0.05) is 6.07 Å². The van der Waals surface area contributed by atoms with Crippen molar-refractivity contribution < 1.29 is 18.7 Å². The second kappa shape index (κ2) is 4.65. The van der Waals surface area contributed by atoms with Crippen LogP contribution in [0, 0.1) is 23.0 Å². The molecule has 5 heteroatoms. The van der Waals surface area contributed by atoms with Gasteiger partial charge in [-0.05, 0) is 37.3 Å². The molecule has 0 radical (unpaired) electrons. The summed E-state index contributed by atoms with van der Waals surface area (Å²) in [5, 5.41) is 9.05. The highest BCUT2D eigenvalue weighted by Crippen LogP contribution is 2.54. The van der Waals surface area contributed by atoms with Crippen molar-refractivity contribution in [3.05, 3.63) is 35.4 Å². The van der Waals surface area contributed by atoms with Gasteiger partial charge in [-0.3, -0.25) is 4.79 Å². The lowest BCUT2D eigenvalue weighted by Crippen LogP contribution is -2.27. The molecule has 1 aromatic carbocycles. The summed E-state index contributed by atoms with van der Waals surface area (Å²) in [7, 11) is 0. The Bertz CT molecular complexity index is 458. The minimum absolute atomic E-state index is 0.0284. The van der Waals surface area contributed by atoms with Gasteiger partial charge in [0.25, 0.3) is 0 Å². The molecule has 2 atom stereocenters. The SMILES string of the molecule is NCC1(C(=O)O)CC1CCc1c(F)cccc1F. The first-order chi connectivity index (χ1) is 8.51. The van der Waals surface area contributed by atoms with E-state index in [4.69, 9.17) is 10.8 Å². The van der Waals surface area contributed by atoms with Crippen LogP contribution >= 0.6 is 0 Å². The Morgan fingerprint density at radius 2 is 2.06 bits per heavy atom. The third kappa shape index (κ3) is 2.10. The molecule has 2 rings (SSSR count). The Hall–Kier alpha value is -1.49. The van der Waals surface area contributed by atoms with Gasteiger partial charge in [0, 0.05) is 12.1 Å². The van der Waals surface area contributed by atoms with E-state index in [1.54, 1.807) is 0 Å². The molecular formula is C13H15F2NO2. The number of carbonyl (C=O) groups is 1. The molecule has 1 aromatic rings. The first kappa shape index (κ1) is 13.0. The van der Waals surface area contributed by atoms with Gasteiger partial charge < -0.3 is 10.8 Å². The minimum atomic E-state index is -0.913. The normalized spacial score (nSPS) is 26.1. The summed E-state index contributed by atoms with van der Waals surface area (Å²) in [4.78, 5) is 11.0. The van der Waals surface area contributed by atoms with E-state index in [0.29, 0.717) is 12.8 Å². The van der Waals surface area contributed by atoms with E-state index in [2.05, 4.69) is 0 Å². The summed E-state index contributed by atoms with van der Waals surface area (Å²) in [6.07, 6.45) is 1.15. The monoisotopic (exact) mass is 255 g/mol. The van der Waals surface area contributed by atoms with E-state index in [1.807, 2.05) is 0 Å². The molecule has 18 heavy (non-hydrogen) atoms. The molecule has 0 amide bonds. The van der Waals surface area contributed by atoms with Gasteiger partial charge in [-0.15, -0.1) is 0 Å². The number of hydrogen-bond acceptors (Lipinski definition) is 2. The van der Waals surface area contributed by atoms with Crippen LogP contribution in [0.1, 0.15) is 18.4 Å². The molecule has 0 aromatic heterocycles. The van der Waals surface area contributed by atoms with Crippen molar-refractivity contribution in [1.82, 2.24) is 0 Å². The standard InChI is InChI=1S/C13H15F2NO2/c14-10-2-1-3-11(15)9(10)5-4-8-6-13(8,7-16)12(17)18/h1-3,8H,4-7,16H2,(H,17,18). The van der Waals surface area contributed by atoms with Gasteiger partial charge in [0.05, 0.1) is 5.41 Å². The van der Waals surface area contributed by atoms with Gasteiger partial charge in [0.2, 0.25) is 0 Å². The molecule has 0 bridgehead atoms. The zero-order valence-corrected chi connectivity index (χ0v) is 9.83. The van der Waals surface area contributed by atoms with Crippen LogP contribution in [-0.4, -0.2) is 17.6 Å². The summed E-state index contributed by atoms with van der Waals surface area (Å²) < 4.78 is 26.7. The van der Waals surface area contributed by atoms with Crippen molar-refractivity contribution >= 4 is 5.97 Å². The fourth-order valence-electron chi connectivity index (χ4n) is 2.45. The van der Waals surface area contributed by atoms with E-state index < -0.39 is 23.0 Å². The summed E-state index contributed by atoms with van der Waals surface area (Å²) in [6.45, 7) is 0.0761. The fraction of sp³-hybridized carbons (Fsp3) is 0.462. The summed E-state index contributed by atoms with van der Waals surface area (Å²) in [5.74, 6) is -2.16. The zero-order chi connectivity index (χ0) is 13.3. The molecule has 0 spiro atoms. The quantitative estimate of drug-likeness (QED) is 0.845. The lowest BCUT2D eigenvalue weighted by Gasteiger charge is -2.09. The number of carboxylic acid groups (broad SMARTS) is 1. The second-order valence-electron chi connectivity index (χ2n) is 4.81. The van der Waals surface area contributed by atoms with Gasteiger partial charge in [-0.2, -0.15) is 0 Å². The van der Waals surface area contributed by atoms with Crippen molar-refractivity contribution in [3.63, 3.8) is 0 Å². The predicted molar refractivity (Wildman–Crippen MR) is 61.9 cm³/mol. The first-order valence-electron chi connectivity index (χ1n) is 5.87. The number of aliphatic carboxylic acids is 1. The van der Waals surface area contributed by atoms with Crippen LogP contribution < -0.4 is 5.73 Å². The maximum absolute atomic E-state index is 13.4. The van der Waals surface area contributed by atoms with Crippen LogP contribution in [0.15, 0.2) is 18.2 Å². The molecule has 0 saturated heterocycles. The molecule has 1 saturated carbocycles. The molecule has 3 nitrogen and oxygen atoms in total. The van der Waals surface area contributed by atoms with Crippen molar-refractivity contribution in [2.24, 2.45) is 17.1 Å². The molecule has 1 aliphatic rings. The molecule has 0 aliphatic heterocycles. The average molecular weight is 255 g/mol. The minimum Gasteiger partial charge on any atom is -0.481 e. The van der Waals surface area contributed by atoms with E-state index in [1.165, 1.54) is 18.2 Å². The molecule has 1 aliphatic carbocycles. The van der Waals surface area contributed by atoms with Crippen molar-refractivity contribution in [2.45, 2.75) is 19.3 Å². The van der Waals surface area contributed by atoms with Crippen LogP contribution in [0.2, 0.25) is 0 Å². The van der Waals surface area contributed by atoms with Gasteiger partial charge >= 0.3 is 5.97 Å². The highest BCUT2D eigenvalue weighted by atomic mass is 19.1. The van der Waals surface area contributed by atoms with Gasteiger partial charge in [0.15, 0.2) is 0 Å².